The summed E-state index contributed by atoms with van der Waals surface area (Å²) in [4.78, 5) is 0. The maximum atomic E-state index is 6.15. The van der Waals surface area contributed by atoms with Gasteiger partial charge in [-0.15, -0.1) is 0 Å². The van der Waals surface area contributed by atoms with E-state index in [1.54, 1.807) is 0 Å². The molecule has 0 aliphatic carbocycles. The first-order valence-electron chi connectivity index (χ1n) is 5.45. The maximum absolute atomic E-state index is 6.15. The minimum absolute atomic E-state index is 0.277. The van der Waals surface area contributed by atoms with Gasteiger partial charge in [0.2, 0.25) is 0 Å². The second-order valence-corrected chi connectivity index (χ2v) is 15.1. The zero-order valence-electron chi connectivity index (χ0n) is 11.4. The molecular weight excluding hydrogens is 204 g/mol. The van der Waals surface area contributed by atoms with Crippen molar-refractivity contribution in [3.05, 3.63) is 0 Å². The van der Waals surface area contributed by atoms with E-state index in [1.165, 1.54) is 0 Å². The fourth-order valence-corrected chi connectivity index (χ4v) is 10.1. The predicted octanol–water partition coefficient (Wildman–Crippen LogP) is 4.88. The SMILES string of the molecule is CC(C)(C)[Si]([S-])(C(C)(C)C)C(C)(C)C. The summed E-state index contributed by atoms with van der Waals surface area (Å²) in [6.07, 6.45) is 0. The lowest BCUT2D eigenvalue weighted by atomic mass is 10.2. The van der Waals surface area contributed by atoms with Gasteiger partial charge in [-0.25, -0.2) is 0 Å². The van der Waals surface area contributed by atoms with Crippen LogP contribution in [0.2, 0.25) is 15.1 Å². The van der Waals surface area contributed by atoms with Crippen LogP contribution in [-0.2, 0) is 12.1 Å². The molecule has 0 aromatic rings. The summed E-state index contributed by atoms with van der Waals surface area (Å²) in [6.45, 7) is 20.9. The lowest BCUT2D eigenvalue weighted by molar-refractivity contribution is 0.559. The molecule has 0 saturated carbocycles. The topological polar surface area (TPSA) is 0 Å². The maximum Gasteiger partial charge on any atom is -0.0626 e. The van der Waals surface area contributed by atoms with Crippen LogP contribution >= 0.6 is 0 Å². The molecule has 0 nitrogen and oxygen atoms in total. The van der Waals surface area contributed by atoms with Crippen molar-refractivity contribution in [2.75, 3.05) is 0 Å². The van der Waals surface area contributed by atoms with E-state index in [-0.39, 0.29) is 15.1 Å². The first-order chi connectivity index (χ1) is 5.75. The Hall–Kier alpha value is 0.567. The van der Waals surface area contributed by atoms with Crippen LogP contribution in [0, 0.1) is 0 Å². The van der Waals surface area contributed by atoms with Crippen LogP contribution in [-0.4, -0.2) is 7.22 Å². The van der Waals surface area contributed by atoms with Crippen molar-refractivity contribution >= 4 is 19.3 Å². The molecule has 0 rings (SSSR count). The van der Waals surface area contributed by atoms with Gasteiger partial charge in [-0.05, 0) is 0 Å². The van der Waals surface area contributed by atoms with Gasteiger partial charge in [0.15, 0.2) is 0 Å². The van der Waals surface area contributed by atoms with E-state index in [2.05, 4.69) is 62.3 Å². The molecule has 0 amide bonds. The van der Waals surface area contributed by atoms with Gasteiger partial charge in [-0.2, -0.15) is 0 Å². The Bertz CT molecular complexity index is 164. The smallest absolute Gasteiger partial charge is 0.0626 e. The standard InChI is InChI=1S/C12H27SSi/c1-10(2,3)14(13,11(4,5)6)12(7,8)9/h1-9H3/q-1. The van der Waals surface area contributed by atoms with Gasteiger partial charge < -0.3 is 12.1 Å². The Morgan fingerprint density at radius 1 is 0.571 bits per heavy atom. The zero-order chi connectivity index (χ0) is 12.0. The molecule has 14 heavy (non-hydrogen) atoms. The third-order valence-electron chi connectivity index (χ3n) is 3.17. The van der Waals surface area contributed by atoms with Gasteiger partial charge in [0.25, 0.3) is 0 Å². The second-order valence-electron chi connectivity index (χ2n) is 7.43. The summed E-state index contributed by atoms with van der Waals surface area (Å²) in [5, 5.41) is 0.830. The van der Waals surface area contributed by atoms with E-state index in [4.69, 9.17) is 12.1 Å². The Kier molecular flexibility index (Phi) is 3.69. The Morgan fingerprint density at radius 3 is 0.714 bits per heavy atom. The lowest BCUT2D eigenvalue weighted by Crippen LogP contribution is -2.56. The highest BCUT2D eigenvalue weighted by Gasteiger charge is 2.48. The van der Waals surface area contributed by atoms with Crippen LogP contribution in [0.5, 0.6) is 0 Å². The molecule has 0 aliphatic rings. The third-order valence-corrected chi connectivity index (χ3v) is 15.0. The molecule has 0 atom stereocenters. The van der Waals surface area contributed by atoms with E-state index in [9.17, 15) is 0 Å². The Labute approximate surface area is 96.9 Å². The average molecular weight is 232 g/mol. The monoisotopic (exact) mass is 231 g/mol. The molecule has 0 spiro atoms. The van der Waals surface area contributed by atoms with Crippen LogP contribution in [0.1, 0.15) is 62.3 Å². The van der Waals surface area contributed by atoms with Gasteiger partial charge in [-0.1, -0.05) is 84.7 Å². The van der Waals surface area contributed by atoms with Crippen molar-refractivity contribution in [3.8, 4) is 0 Å². The van der Waals surface area contributed by atoms with Crippen molar-refractivity contribution in [3.63, 3.8) is 0 Å². The van der Waals surface area contributed by atoms with Crippen LogP contribution in [0.3, 0.4) is 0 Å². The first-order valence-corrected chi connectivity index (χ1v) is 8.59. The highest BCUT2D eigenvalue weighted by molar-refractivity contribution is 7.99. The normalized spacial score (nSPS) is 15.9. The summed E-state index contributed by atoms with van der Waals surface area (Å²) in [6, 6.07) is 0. The van der Waals surface area contributed by atoms with E-state index in [0.29, 0.717) is 0 Å². The van der Waals surface area contributed by atoms with Gasteiger partial charge in [0.05, 0.1) is 0 Å². The number of rotatable bonds is 0. The Morgan fingerprint density at radius 2 is 0.714 bits per heavy atom. The van der Waals surface area contributed by atoms with Gasteiger partial charge >= 0.3 is 0 Å². The van der Waals surface area contributed by atoms with Gasteiger partial charge in [0.1, 0.15) is 0 Å². The molecule has 0 saturated heterocycles. The molecule has 0 fully saturated rings. The zero-order valence-corrected chi connectivity index (χ0v) is 13.2. The summed E-state index contributed by atoms with van der Waals surface area (Å²) in [5.41, 5.74) is 0. The summed E-state index contributed by atoms with van der Waals surface area (Å²) in [7, 11) is -1.77. The summed E-state index contributed by atoms with van der Waals surface area (Å²) in [5.74, 6) is 0. The van der Waals surface area contributed by atoms with Crippen LogP contribution in [0.4, 0.5) is 0 Å². The van der Waals surface area contributed by atoms with E-state index < -0.39 is 7.22 Å². The van der Waals surface area contributed by atoms with Crippen molar-refractivity contribution in [1.82, 2.24) is 0 Å². The Balaban J connectivity index is 5.54. The number of hydrogen-bond acceptors (Lipinski definition) is 1. The molecule has 0 unspecified atom stereocenters. The molecule has 0 aromatic carbocycles. The van der Waals surface area contributed by atoms with Crippen molar-refractivity contribution < 1.29 is 0 Å². The van der Waals surface area contributed by atoms with E-state index >= 15 is 0 Å². The molecular formula is C12H27SSi-. The highest BCUT2D eigenvalue weighted by Crippen LogP contribution is 2.60. The molecule has 0 radical (unpaired) electrons. The molecule has 0 heterocycles. The van der Waals surface area contributed by atoms with Crippen LogP contribution in [0.15, 0.2) is 0 Å². The van der Waals surface area contributed by atoms with Crippen molar-refractivity contribution in [2.45, 2.75) is 77.4 Å². The van der Waals surface area contributed by atoms with Crippen molar-refractivity contribution in [2.24, 2.45) is 0 Å². The predicted molar refractivity (Wildman–Crippen MR) is 72.3 cm³/mol. The molecule has 0 aromatic heterocycles. The molecule has 86 valence electrons. The van der Waals surface area contributed by atoms with E-state index in [1.807, 2.05) is 0 Å². The molecule has 2 heteroatoms. The fraction of sp³-hybridized carbons (Fsp3) is 1.00. The summed E-state index contributed by atoms with van der Waals surface area (Å²) < 4.78 is 0. The average Bonchev–Trinajstić information content (AvgIpc) is 1.77. The lowest BCUT2D eigenvalue weighted by Gasteiger charge is -2.67. The highest BCUT2D eigenvalue weighted by atomic mass is 32.3. The first kappa shape index (κ1) is 14.6. The minimum Gasteiger partial charge on any atom is -0.794 e. The van der Waals surface area contributed by atoms with Crippen molar-refractivity contribution in [1.29, 1.82) is 0 Å². The van der Waals surface area contributed by atoms with Crippen LogP contribution < -0.4 is 0 Å². The minimum atomic E-state index is -1.77. The molecule has 0 aliphatic heterocycles. The second kappa shape index (κ2) is 3.55. The van der Waals surface area contributed by atoms with Gasteiger partial charge in [0, 0.05) is 0 Å². The summed E-state index contributed by atoms with van der Waals surface area (Å²) >= 11 is 6.15. The quantitative estimate of drug-likeness (QED) is 0.423. The third kappa shape index (κ3) is 2.21. The van der Waals surface area contributed by atoms with Gasteiger partial charge in [-0.3, -0.25) is 0 Å². The fourth-order valence-electron chi connectivity index (χ4n) is 3.38. The number of hydrogen-bond donors (Lipinski definition) is 0. The van der Waals surface area contributed by atoms with Crippen LogP contribution in [0.25, 0.3) is 0 Å². The van der Waals surface area contributed by atoms with E-state index in [0.717, 1.165) is 0 Å². The molecule has 0 bridgehead atoms. The largest absolute Gasteiger partial charge is 0.794 e. The molecule has 0 N–H and O–H groups in total.